The number of carbonyl (C=O) groups is 2. The molecule has 0 aliphatic carbocycles. The van der Waals surface area contributed by atoms with Crippen molar-refractivity contribution in [1.82, 2.24) is 9.88 Å². The van der Waals surface area contributed by atoms with E-state index in [1.54, 1.807) is 6.92 Å². The molecule has 0 aliphatic heterocycles. The number of aromatic nitrogens is 1. The molecule has 4 N–H and O–H groups in total. The van der Waals surface area contributed by atoms with Gasteiger partial charge in [-0.3, -0.25) is 9.59 Å². The van der Waals surface area contributed by atoms with Crippen LogP contribution >= 0.6 is 0 Å². The van der Waals surface area contributed by atoms with Crippen molar-refractivity contribution in [1.29, 1.82) is 0 Å². The van der Waals surface area contributed by atoms with Crippen LogP contribution in [0.5, 0.6) is 5.75 Å². The first-order valence-electron chi connectivity index (χ1n) is 10.1. The number of carbonyl (C=O) groups excluding carboxylic acids is 1. The molecule has 1 aromatic heterocycles. The number of hydrogen-bond acceptors (Lipinski definition) is 4. The highest BCUT2D eigenvalue weighted by atomic mass is 19.1. The van der Waals surface area contributed by atoms with Gasteiger partial charge in [-0.2, -0.15) is 0 Å². The number of rotatable bonds is 6. The molecular formula is C24H24FN3O5. The SMILES string of the molecule is Cc1ccccc1-c1cc(F)cc(C(CC(=O)O)NC(=O)Nc2c(O)ccn(C)c2=O)c1C. The van der Waals surface area contributed by atoms with E-state index in [2.05, 4.69) is 10.6 Å². The van der Waals surface area contributed by atoms with Gasteiger partial charge in [0.2, 0.25) is 0 Å². The first-order chi connectivity index (χ1) is 15.6. The van der Waals surface area contributed by atoms with Crippen LogP contribution in [0.2, 0.25) is 0 Å². The van der Waals surface area contributed by atoms with E-state index in [0.717, 1.165) is 15.7 Å². The summed E-state index contributed by atoms with van der Waals surface area (Å²) in [6.07, 6.45) is 0.806. The Labute approximate surface area is 189 Å². The van der Waals surface area contributed by atoms with Crippen LogP contribution in [-0.2, 0) is 11.8 Å². The molecule has 0 bridgehead atoms. The third-order valence-corrected chi connectivity index (χ3v) is 5.39. The number of nitrogens with zero attached hydrogens (tertiary/aromatic N) is 1. The molecule has 172 valence electrons. The number of hydrogen-bond donors (Lipinski definition) is 4. The highest BCUT2D eigenvalue weighted by Crippen LogP contribution is 2.33. The number of aromatic hydroxyl groups is 1. The average Bonchev–Trinajstić information content (AvgIpc) is 2.75. The van der Waals surface area contributed by atoms with E-state index in [-0.39, 0.29) is 11.3 Å². The number of aryl methyl sites for hydroxylation is 2. The van der Waals surface area contributed by atoms with E-state index in [1.165, 1.54) is 31.4 Å². The molecule has 0 spiro atoms. The van der Waals surface area contributed by atoms with Crippen LogP contribution in [0.3, 0.4) is 0 Å². The summed E-state index contributed by atoms with van der Waals surface area (Å²) in [4.78, 5) is 36.4. The summed E-state index contributed by atoms with van der Waals surface area (Å²) in [6, 6.07) is 9.16. The predicted octanol–water partition coefficient (Wildman–Crippen LogP) is 3.85. The summed E-state index contributed by atoms with van der Waals surface area (Å²) in [6.45, 7) is 3.61. The minimum atomic E-state index is -1.21. The van der Waals surface area contributed by atoms with Crippen molar-refractivity contribution in [2.45, 2.75) is 26.3 Å². The van der Waals surface area contributed by atoms with Crippen LogP contribution in [0, 0.1) is 19.7 Å². The number of carboxylic acid groups (broad SMARTS) is 1. The summed E-state index contributed by atoms with van der Waals surface area (Å²) in [5.74, 6) is -2.23. The Kier molecular flexibility index (Phi) is 6.81. The molecule has 1 heterocycles. The maximum Gasteiger partial charge on any atom is 0.319 e. The van der Waals surface area contributed by atoms with Gasteiger partial charge in [-0.05, 0) is 59.9 Å². The van der Waals surface area contributed by atoms with E-state index >= 15 is 0 Å². The molecule has 2 amide bonds. The third-order valence-electron chi connectivity index (χ3n) is 5.39. The first kappa shape index (κ1) is 23.5. The van der Waals surface area contributed by atoms with Gasteiger partial charge in [-0.1, -0.05) is 24.3 Å². The highest BCUT2D eigenvalue weighted by molar-refractivity contribution is 5.91. The van der Waals surface area contributed by atoms with E-state index in [1.807, 2.05) is 31.2 Å². The Hall–Kier alpha value is -4.14. The maximum atomic E-state index is 14.6. The van der Waals surface area contributed by atoms with Crippen molar-refractivity contribution in [3.05, 3.63) is 81.5 Å². The van der Waals surface area contributed by atoms with Gasteiger partial charge in [0.05, 0.1) is 12.5 Å². The average molecular weight is 453 g/mol. The number of urea groups is 1. The van der Waals surface area contributed by atoms with Crippen LogP contribution in [0.15, 0.2) is 53.5 Å². The number of halogens is 1. The summed E-state index contributed by atoms with van der Waals surface area (Å²) < 4.78 is 15.8. The lowest BCUT2D eigenvalue weighted by Crippen LogP contribution is -2.36. The second-order valence-corrected chi connectivity index (χ2v) is 7.72. The fraction of sp³-hybridized carbons (Fsp3) is 0.208. The van der Waals surface area contributed by atoms with Crippen molar-refractivity contribution >= 4 is 17.7 Å². The first-order valence-corrected chi connectivity index (χ1v) is 10.1. The Morgan fingerprint density at radius 2 is 1.82 bits per heavy atom. The van der Waals surface area contributed by atoms with Crippen molar-refractivity contribution < 1.29 is 24.2 Å². The Balaban J connectivity index is 2.00. The standard InChI is InChI=1S/C24H24FN3O5/c1-13-6-4-5-7-16(13)17-10-15(25)11-18(14(17)2)19(12-21(30)31)26-24(33)27-22-20(29)8-9-28(3)23(22)32/h4-11,19,29H,12H2,1-3H3,(H,30,31)(H2,26,27,33). The molecule has 33 heavy (non-hydrogen) atoms. The van der Waals surface area contributed by atoms with Crippen LogP contribution in [0.1, 0.15) is 29.2 Å². The van der Waals surface area contributed by atoms with Gasteiger partial charge >= 0.3 is 12.0 Å². The summed E-state index contributed by atoms with van der Waals surface area (Å²) in [5.41, 5.74) is 2.16. The molecule has 3 aromatic rings. The van der Waals surface area contributed by atoms with Gasteiger partial charge in [0.1, 0.15) is 11.6 Å². The molecule has 0 aliphatic rings. The Morgan fingerprint density at radius 3 is 2.48 bits per heavy atom. The summed E-state index contributed by atoms with van der Waals surface area (Å²) in [7, 11) is 1.45. The lowest BCUT2D eigenvalue weighted by atomic mass is 9.90. The van der Waals surface area contributed by atoms with Crippen LogP contribution in [-0.4, -0.2) is 26.8 Å². The van der Waals surface area contributed by atoms with Gasteiger partial charge in [-0.25, -0.2) is 9.18 Å². The molecular weight excluding hydrogens is 429 g/mol. The number of amides is 2. The normalized spacial score (nSPS) is 11.6. The molecule has 8 nitrogen and oxygen atoms in total. The number of benzene rings is 2. The monoisotopic (exact) mass is 453 g/mol. The molecule has 0 saturated carbocycles. The molecule has 1 unspecified atom stereocenters. The van der Waals surface area contributed by atoms with Gasteiger partial charge < -0.3 is 25.4 Å². The maximum absolute atomic E-state index is 14.6. The number of aliphatic carboxylic acids is 1. The topological polar surface area (TPSA) is 121 Å². The number of nitrogens with one attached hydrogen (secondary N) is 2. The zero-order chi connectivity index (χ0) is 24.3. The molecule has 0 fully saturated rings. The summed E-state index contributed by atoms with van der Waals surface area (Å²) >= 11 is 0. The lowest BCUT2D eigenvalue weighted by Gasteiger charge is -2.22. The third kappa shape index (κ3) is 5.20. The van der Waals surface area contributed by atoms with Crippen molar-refractivity contribution in [2.24, 2.45) is 7.05 Å². The Morgan fingerprint density at radius 1 is 1.12 bits per heavy atom. The van der Waals surface area contributed by atoms with E-state index in [9.17, 15) is 29.0 Å². The predicted molar refractivity (Wildman–Crippen MR) is 122 cm³/mol. The quantitative estimate of drug-likeness (QED) is 0.452. The lowest BCUT2D eigenvalue weighted by molar-refractivity contribution is -0.137. The zero-order valence-electron chi connectivity index (χ0n) is 18.3. The minimum absolute atomic E-state index is 0.288. The van der Waals surface area contributed by atoms with Crippen molar-refractivity contribution in [3.8, 4) is 16.9 Å². The van der Waals surface area contributed by atoms with Crippen LogP contribution < -0.4 is 16.2 Å². The number of anilines is 1. The van der Waals surface area contributed by atoms with E-state index in [4.69, 9.17) is 0 Å². The van der Waals surface area contributed by atoms with Crippen LogP contribution in [0.4, 0.5) is 14.9 Å². The van der Waals surface area contributed by atoms with E-state index in [0.29, 0.717) is 11.1 Å². The van der Waals surface area contributed by atoms with Crippen molar-refractivity contribution in [2.75, 3.05) is 5.32 Å². The molecule has 0 radical (unpaired) electrons. The minimum Gasteiger partial charge on any atom is -0.505 e. The molecule has 1 atom stereocenters. The smallest absolute Gasteiger partial charge is 0.319 e. The molecule has 9 heteroatoms. The van der Waals surface area contributed by atoms with E-state index < -0.39 is 41.6 Å². The number of pyridine rings is 1. The largest absolute Gasteiger partial charge is 0.505 e. The second kappa shape index (κ2) is 9.56. The second-order valence-electron chi connectivity index (χ2n) is 7.72. The molecule has 0 saturated heterocycles. The van der Waals surface area contributed by atoms with Crippen LogP contribution in [0.25, 0.3) is 11.1 Å². The highest BCUT2D eigenvalue weighted by Gasteiger charge is 2.24. The fourth-order valence-corrected chi connectivity index (χ4v) is 3.67. The fourth-order valence-electron chi connectivity index (χ4n) is 3.67. The zero-order valence-corrected chi connectivity index (χ0v) is 18.3. The van der Waals surface area contributed by atoms with Gasteiger partial charge in [0.25, 0.3) is 5.56 Å². The summed E-state index contributed by atoms with van der Waals surface area (Å²) in [5, 5.41) is 24.1. The Bertz CT molecular complexity index is 1290. The molecule has 3 rings (SSSR count). The van der Waals surface area contributed by atoms with Crippen molar-refractivity contribution in [3.63, 3.8) is 0 Å². The molecule has 2 aromatic carbocycles. The van der Waals surface area contributed by atoms with Gasteiger partial charge in [0, 0.05) is 13.2 Å². The van der Waals surface area contributed by atoms with Gasteiger partial charge in [0.15, 0.2) is 5.69 Å². The van der Waals surface area contributed by atoms with Gasteiger partial charge in [-0.15, -0.1) is 0 Å². The number of carboxylic acids is 1.